The van der Waals surface area contributed by atoms with Gasteiger partial charge in [-0.05, 0) is 99.7 Å². The Morgan fingerprint density at radius 2 is 1.86 bits per heavy atom. The summed E-state index contributed by atoms with van der Waals surface area (Å²) in [4.78, 5) is 23.0. The number of carboxylic acids is 1. The minimum absolute atomic E-state index is 0.00944. The van der Waals surface area contributed by atoms with Crippen LogP contribution >= 0.6 is 0 Å². The zero-order valence-corrected chi connectivity index (χ0v) is 23.9. The molecular weight excluding hydrogens is 448 g/mol. The van der Waals surface area contributed by atoms with Gasteiger partial charge in [-0.2, -0.15) is 0 Å². The standard InChI is InChI=1S/C32H48O4/c1-19(10-9-11-20(2)29(34)35)23-14-16-31(7)24-12-13-27-30(5,6)28(36-22(4)33)15-17-32(27,8)26(24)18-25(31)21(23)3/h11-12,19,25-28H,9-10,13-18H2,1-8H3,(H,34,35)/t19-,25+,26-,27+,28-,31+,32-/m1/s1. The maximum atomic E-state index is 11.8. The molecule has 4 heteroatoms. The SMILES string of the molecule is CC(=O)O[C@@H]1CC[C@]2(C)[C@@H]3C[C@H]4C(C)=C([C@H](C)CCC=C(C)C(=O)O)CC[C@@]4(C)C3=CC[C@H]2C1(C)C. The van der Waals surface area contributed by atoms with Crippen LogP contribution in [0, 0.1) is 39.9 Å². The molecule has 200 valence electrons. The molecule has 2 saturated carbocycles. The van der Waals surface area contributed by atoms with E-state index in [0.717, 1.165) is 38.5 Å². The van der Waals surface area contributed by atoms with Gasteiger partial charge in [0.15, 0.2) is 0 Å². The number of allylic oxidation sites excluding steroid dienone is 5. The first-order valence-corrected chi connectivity index (χ1v) is 14.2. The Morgan fingerprint density at radius 1 is 1.17 bits per heavy atom. The number of hydrogen-bond donors (Lipinski definition) is 1. The first kappa shape index (κ1) is 27.2. The molecule has 4 nitrogen and oxygen atoms in total. The van der Waals surface area contributed by atoms with Gasteiger partial charge in [0.2, 0.25) is 0 Å². The Kier molecular flexibility index (Phi) is 7.16. The smallest absolute Gasteiger partial charge is 0.330 e. The minimum atomic E-state index is -0.815. The topological polar surface area (TPSA) is 63.6 Å². The Balaban J connectivity index is 1.58. The van der Waals surface area contributed by atoms with Crippen LogP contribution in [-0.4, -0.2) is 23.1 Å². The van der Waals surface area contributed by atoms with Crippen LogP contribution < -0.4 is 0 Å². The predicted molar refractivity (Wildman–Crippen MR) is 144 cm³/mol. The molecule has 0 spiro atoms. The van der Waals surface area contributed by atoms with Crippen molar-refractivity contribution in [3.63, 3.8) is 0 Å². The molecule has 4 rings (SSSR count). The molecule has 2 fully saturated rings. The van der Waals surface area contributed by atoms with Crippen molar-refractivity contribution in [1.82, 2.24) is 0 Å². The summed E-state index contributed by atoms with van der Waals surface area (Å²) in [7, 11) is 0. The maximum absolute atomic E-state index is 11.8. The number of hydrogen-bond acceptors (Lipinski definition) is 3. The van der Waals surface area contributed by atoms with Gasteiger partial charge in [0, 0.05) is 17.9 Å². The third kappa shape index (κ3) is 4.31. The summed E-state index contributed by atoms with van der Waals surface area (Å²) in [5, 5.41) is 9.15. The normalized spacial score (nSPS) is 38.4. The van der Waals surface area contributed by atoms with Gasteiger partial charge in [-0.15, -0.1) is 0 Å². The molecule has 0 radical (unpaired) electrons. The van der Waals surface area contributed by atoms with Crippen molar-refractivity contribution in [2.24, 2.45) is 39.9 Å². The number of rotatable bonds is 6. The van der Waals surface area contributed by atoms with E-state index in [9.17, 15) is 9.59 Å². The van der Waals surface area contributed by atoms with Crippen LogP contribution in [-0.2, 0) is 14.3 Å². The van der Waals surface area contributed by atoms with Crippen molar-refractivity contribution in [2.75, 3.05) is 0 Å². The van der Waals surface area contributed by atoms with Gasteiger partial charge in [-0.1, -0.05) is 63.5 Å². The van der Waals surface area contributed by atoms with Gasteiger partial charge < -0.3 is 9.84 Å². The molecule has 0 unspecified atom stereocenters. The van der Waals surface area contributed by atoms with Crippen LogP contribution in [0.4, 0.5) is 0 Å². The summed E-state index contributed by atoms with van der Waals surface area (Å²) in [6, 6.07) is 0. The second kappa shape index (κ2) is 9.48. The number of esters is 1. The van der Waals surface area contributed by atoms with Crippen LogP contribution in [0.2, 0.25) is 0 Å². The van der Waals surface area contributed by atoms with E-state index < -0.39 is 5.97 Å². The lowest BCUT2D eigenvalue weighted by Gasteiger charge is -2.58. The number of aliphatic carboxylic acids is 1. The first-order chi connectivity index (χ1) is 16.7. The van der Waals surface area contributed by atoms with Gasteiger partial charge >= 0.3 is 11.9 Å². The Morgan fingerprint density at radius 3 is 2.50 bits per heavy atom. The van der Waals surface area contributed by atoms with E-state index in [1.165, 1.54) is 12.8 Å². The van der Waals surface area contributed by atoms with Crippen molar-refractivity contribution in [3.8, 4) is 0 Å². The molecule has 0 heterocycles. The van der Waals surface area contributed by atoms with Crippen molar-refractivity contribution in [2.45, 2.75) is 113 Å². The summed E-state index contributed by atoms with van der Waals surface area (Å²) in [6.07, 6.45) is 13.1. The zero-order chi connectivity index (χ0) is 26.6. The van der Waals surface area contributed by atoms with Gasteiger partial charge in [0.05, 0.1) is 0 Å². The summed E-state index contributed by atoms with van der Waals surface area (Å²) < 4.78 is 5.84. The fourth-order valence-corrected chi connectivity index (χ4v) is 9.17. The fourth-order valence-electron chi connectivity index (χ4n) is 9.17. The van der Waals surface area contributed by atoms with E-state index in [1.54, 1.807) is 30.6 Å². The van der Waals surface area contributed by atoms with Crippen molar-refractivity contribution in [1.29, 1.82) is 0 Å². The molecule has 4 aliphatic rings. The monoisotopic (exact) mass is 496 g/mol. The van der Waals surface area contributed by atoms with E-state index in [1.807, 2.05) is 6.08 Å². The van der Waals surface area contributed by atoms with Gasteiger partial charge in [0.1, 0.15) is 6.10 Å². The Labute approximate surface area is 218 Å². The maximum Gasteiger partial charge on any atom is 0.330 e. The van der Waals surface area contributed by atoms with Crippen LogP contribution in [0.5, 0.6) is 0 Å². The van der Waals surface area contributed by atoms with E-state index in [2.05, 4.69) is 47.6 Å². The second-order valence-corrected chi connectivity index (χ2v) is 13.5. The number of ether oxygens (including phenoxy) is 1. The highest BCUT2D eigenvalue weighted by Gasteiger charge is 2.62. The van der Waals surface area contributed by atoms with Crippen LogP contribution in [0.1, 0.15) is 107 Å². The van der Waals surface area contributed by atoms with E-state index >= 15 is 0 Å². The molecule has 0 amide bonds. The zero-order valence-electron chi connectivity index (χ0n) is 23.9. The molecule has 1 N–H and O–H groups in total. The molecule has 0 saturated heterocycles. The van der Waals surface area contributed by atoms with Gasteiger partial charge in [-0.25, -0.2) is 4.79 Å². The fraction of sp³-hybridized carbons (Fsp3) is 0.750. The molecule has 36 heavy (non-hydrogen) atoms. The molecule has 0 aliphatic heterocycles. The Hall–Kier alpha value is -1.84. The van der Waals surface area contributed by atoms with Crippen molar-refractivity contribution >= 4 is 11.9 Å². The predicted octanol–water partition coefficient (Wildman–Crippen LogP) is 7.89. The molecule has 0 aromatic carbocycles. The Bertz CT molecular complexity index is 1010. The number of carbonyl (C=O) groups excluding carboxylic acids is 1. The molecule has 0 bridgehead atoms. The lowest BCUT2D eigenvalue weighted by atomic mass is 9.47. The first-order valence-electron chi connectivity index (χ1n) is 14.2. The van der Waals surface area contributed by atoms with E-state index in [-0.39, 0.29) is 28.3 Å². The average Bonchev–Trinajstić information content (AvgIpc) is 3.10. The molecule has 0 aromatic rings. The molecule has 7 atom stereocenters. The molecule has 4 aliphatic carbocycles. The third-order valence-electron chi connectivity index (χ3n) is 11.3. The van der Waals surface area contributed by atoms with Gasteiger partial charge in [0.25, 0.3) is 0 Å². The highest BCUT2D eigenvalue weighted by molar-refractivity contribution is 5.85. The second-order valence-electron chi connectivity index (χ2n) is 13.5. The van der Waals surface area contributed by atoms with Crippen molar-refractivity contribution < 1.29 is 19.4 Å². The van der Waals surface area contributed by atoms with E-state index in [4.69, 9.17) is 9.84 Å². The molecule has 0 aromatic heterocycles. The summed E-state index contributed by atoms with van der Waals surface area (Å²) in [5.41, 5.74) is 5.88. The largest absolute Gasteiger partial charge is 0.478 e. The summed E-state index contributed by atoms with van der Waals surface area (Å²) in [5.74, 6) is 1.25. The molecular formula is C32H48O4. The average molecular weight is 497 g/mol. The lowest BCUT2D eigenvalue weighted by Crippen LogP contribution is -2.55. The number of fused-ring (bicyclic) bond motifs is 5. The quantitative estimate of drug-likeness (QED) is 0.231. The number of carbonyl (C=O) groups is 2. The summed E-state index contributed by atoms with van der Waals surface area (Å²) >= 11 is 0. The van der Waals surface area contributed by atoms with Crippen LogP contribution in [0.25, 0.3) is 0 Å². The number of carboxylic acid groups (broad SMARTS) is 1. The minimum Gasteiger partial charge on any atom is -0.478 e. The third-order valence-corrected chi connectivity index (χ3v) is 11.3. The lowest BCUT2D eigenvalue weighted by molar-refractivity contribution is -0.171. The van der Waals surface area contributed by atoms with Crippen LogP contribution in [0.15, 0.2) is 34.4 Å². The van der Waals surface area contributed by atoms with Crippen molar-refractivity contribution in [3.05, 3.63) is 34.4 Å². The van der Waals surface area contributed by atoms with Crippen LogP contribution in [0.3, 0.4) is 0 Å². The highest BCUT2D eigenvalue weighted by atomic mass is 16.5. The highest BCUT2D eigenvalue weighted by Crippen LogP contribution is 2.70. The van der Waals surface area contributed by atoms with Gasteiger partial charge in [-0.3, -0.25) is 4.79 Å². The van der Waals surface area contributed by atoms with E-state index in [0.29, 0.717) is 29.2 Å². The summed E-state index contributed by atoms with van der Waals surface area (Å²) in [6.45, 7) is 17.7.